The molecule has 3 aromatic rings. The van der Waals surface area contributed by atoms with Gasteiger partial charge in [-0.05, 0) is 56.7 Å². The summed E-state index contributed by atoms with van der Waals surface area (Å²) in [6, 6.07) is 14.9. The van der Waals surface area contributed by atoms with E-state index in [4.69, 9.17) is 29.2 Å². The standard InChI is InChI=1S/C31H39N7O3/c1-30(2)17-26-31(3,20-41-30)23-18-33-29(34-21-7-9-22(10-8-21)37-12-15-39-16-13-37)36-28(23)38(26)27-6-4-5-24(35-27)25-19-40-14-11-32-25/h4-10,18,25-26,32H,11-17,19-20H2,1-3H3,(H,33,34,36)/t25-,26+,31+/m1/s1. The van der Waals surface area contributed by atoms with Crippen LogP contribution < -0.4 is 20.4 Å². The van der Waals surface area contributed by atoms with Gasteiger partial charge in [0.2, 0.25) is 5.95 Å². The molecule has 10 heteroatoms. The Labute approximate surface area is 241 Å². The van der Waals surface area contributed by atoms with Crippen molar-refractivity contribution in [3.63, 3.8) is 0 Å². The SMILES string of the molecule is CC1(C)C[C@@H]2N(c3cccc([C@H]4COCCN4)n3)c3nc(Nc4ccc(N5CCOCC5)cc4)ncc3[C@]2(C)CO1. The quantitative estimate of drug-likeness (QED) is 0.478. The molecule has 0 radical (unpaired) electrons. The number of anilines is 5. The van der Waals surface area contributed by atoms with Crippen LogP contribution in [0.15, 0.2) is 48.7 Å². The predicted octanol–water partition coefficient (Wildman–Crippen LogP) is 4.09. The topological polar surface area (TPSA) is 96.9 Å². The number of aromatic nitrogens is 3. The van der Waals surface area contributed by atoms with Crippen molar-refractivity contribution in [3.05, 3.63) is 59.9 Å². The molecular formula is C31H39N7O3. The zero-order valence-electron chi connectivity index (χ0n) is 24.1. The molecule has 41 heavy (non-hydrogen) atoms. The van der Waals surface area contributed by atoms with Crippen molar-refractivity contribution >= 4 is 29.0 Å². The molecule has 6 heterocycles. The van der Waals surface area contributed by atoms with Crippen LogP contribution in [0.1, 0.15) is 44.5 Å². The van der Waals surface area contributed by atoms with Crippen molar-refractivity contribution in [2.24, 2.45) is 0 Å². The van der Waals surface area contributed by atoms with Gasteiger partial charge in [-0.25, -0.2) is 9.97 Å². The van der Waals surface area contributed by atoms with Crippen LogP contribution in [0.2, 0.25) is 0 Å². The molecule has 3 fully saturated rings. The molecule has 3 atom stereocenters. The Morgan fingerprint density at radius 2 is 1.80 bits per heavy atom. The second kappa shape index (κ2) is 10.5. The van der Waals surface area contributed by atoms with Crippen LogP contribution in [0, 0.1) is 0 Å². The molecule has 4 aliphatic rings. The van der Waals surface area contributed by atoms with Crippen molar-refractivity contribution in [1.82, 2.24) is 20.3 Å². The fourth-order valence-corrected chi connectivity index (χ4v) is 6.49. The lowest BCUT2D eigenvalue weighted by atomic mass is 9.73. The van der Waals surface area contributed by atoms with E-state index in [2.05, 4.69) is 83.7 Å². The first-order chi connectivity index (χ1) is 19.9. The molecule has 2 aromatic heterocycles. The summed E-state index contributed by atoms with van der Waals surface area (Å²) in [7, 11) is 0. The van der Waals surface area contributed by atoms with E-state index >= 15 is 0 Å². The Balaban J connectivity index is 1.22. The highest BCUT2D eigenvalue weighted by molar-refractivity contribution is 5.71. The van der Waals surface area contributed by atoms with E-state index in [1.807, 2.05) is 6.20 Å². The molecule has 0 bridgehead atoms. The first-order valence-electron chi connectivity index (χ1n) is 14.7. The first-order valence-corrected chi connectivity index (χ1v) is 14.7. The highest BCUT2D eigenvalue weighted by Gasteiger charge is 2.55. The second-order valence-corrected chi connectivity index (χ2v) is 12.3. The van der Waals surface area contributed by atoms with Crippen LogP contribution in [-0.2, 0) is 19.6 Å². The van der Waals surface area contributed by atoms with E-state index in [0.29, 0.717) is 19.2 Å². The van der Waals surface area contributed by atoms with Crippen molar-refractivity contribution in [1.29, 1.82) is 0 Å². The first kappa shape index (κ1) is 26.6. The summed E-state index contributed by atoms with van der Waals surface area (Å²) in [5.74, 6) is 2.34. The third-order valence-corrected chi connectivity index (χ3v) is 8.89. The summed E-state index contributed by atoms with van der Waals surface area (Å²) in [6.07, 6.45) is 2.82. The number of benzene rings is 1. The van der Waals surface area contributed by atoms with Gasteiger partial charge >= 0.3 is 0 Å². The fourth-order valence-electron chi connectivity index (χ4n) is 6.49. The van der Waals surface area contributed by atoms with Crippen LogP contribution in [0.4, 0.5) is 29.0 Å². The molecule has 4 aliphatic heterocycles. The van der Waals surface area contributed by atoms with Gasteiger partial charge in [-0.2, -0.15) is 4.98 Å². The normalized spacial score (nSPS) is 27.3. The number of pyridine rings is 1. The van der Waals surface area contributed by atoms with E-state index < -0.39 is 0 Å². The second-order valence-electron chi connectivity index (χ2n) is 12.3. The summed E-state index contributed by atoms with van der Waals surface area (Å²) in [4.78, 5) is 19.7. The molecule has 216 valence electrons. The molecule has 7 rings (SSSR count). The van der Waals surface area contributed by atoms with Crippen molar-refractivity contribution in [2.75, 3.05) is 67.8 Å². The van der Waals surface area contributed by atoms with E-state index in [1.54, 1.807) is 0 Å². The molecule has 0 amide bonds. The number of hydrogen-bond donors (Lipinski definition) is 2. The molecule has 0 aliphatic carbocycles. The van der Waals surface area contributed by atoms with Crippen LogP contribution in [-0.4, -0.2) is 79.3 Å². The molecular weight excluding hydrogens is 518 g/mol. The number of rotatable bonds is 5. The summed E-state index contributed by atoms with van der Waals surface area (Å²) in [5.41, 5.74) is 3.71. The highest BCUT2D eigenvalue weighted by atomic mass is 16.5. The lowest BCUT2D eigenvalue weighted by Gasteiger charge is -2.46. The molecule has 1 aromatic carbocycles. The lowest BCUT2D eigenvalue weighted by molar-refractivity contribution is -0.0893. The number of nitrogens with one attached hydrogen (secondary N) is 2. The van der Waals surface area contributed by atoms with Gasteiger partial charge in [-0.1, -0.05) is 13.0 Å². The highest BCUT2D eigenvalue weighted by Crippen LogP contribution is 2.53. The molecule has 0 saturated carbocycles. The van der Waals surface area contributed by atoms with E-state index in [1.165, 1.54) is 5.69 Å². The zero-order valence-corrected chi connectivity index (χ0v) is 24.1. The van der Waals surface area contributed by atoms with E-state index in [-0.39, 0.29) is 23.1 Å². The number of ether oxygens (including phenoxy) is 3. The summed E-state index contributed by atoms with van der Waals surface area (Å²) >= 11 is 0. The van der Waals surface area contributed by atoms with Crippen LogP contribution >= 0.6 is 0 Å². The van der Waals surface area contributed by atoms with Gasteiger partial charge in [-0.15, -0.1) is 0 Å². The monoisotopic (exact) mass is 557 g/mol. The largest absolute Gasteiger partial charge is 0.378 e. The summed E-state index contributed by atoms with van der Waals surface area (Å²) < 4.78 is 17.6. The van der Waals surface area contributed by atoms with Gasteiger partial charge in [0, 0.05) is 48.2 Å². The van der Waals surface area contributed by atoms with Crippen molar-refractivity contribution in [2.45, 2.75) is 50.3 Å². The number of hydrogen-bond acceptors (Lipinski definition) is 10. The number of nitrogens with zero attached hydrogens (tertiary/aromatic N) is 5. The van der Waals surface area contributed by atoms with Gasteiger partial charge in [0.1, 0.15) is 11.6 Å². The van der Waals surface area contributed by atoms with E-state index in [0.717, 1.165) is 74.5 Å². The lowest BCUT2D eigenvalue weighted by Crippen LogP contribution is -2.54. The third kappa shape index (κ3) is 5.03. The van der Waals surface area contributed by atoms with Gasteiger partial charge in [0.15, 0.2) is 0 Å². The Bertz CT molecular complexity index is 1390. The molecule has 0 spiro atoms. The van der Waals surface area contributed by atoms with E-state index in [9.17, 15) is 0 Å². The Morgan fingerprint density at radius 1 is 0.976 bits per heavy atom. The van der Waals surface area contributed by atoms with Crippen molar-refractivity contribution < 1.29 is 14.2 Å². The van der Waals surface area contributed by atoms with Gasteiger partial charge in [0.25, 0.3) is 0 Å². The average molecular weight is 558 g/mol. The number of morpholine rings is 2. The van der Waals surface area contributed by atoms with Gasteiger partial charge in [0.05, 0.1) is 56.4 Å². The van der Waals surface area contributed by atoms with Crippen molar-refractivity contribution in [3.8, 4) is 0 Å². The molecule has 2 N–H and O–H groups in total. The predicted molar refractivity (Wildman–Crippen MR) is 159 cm³/mol. The van der Waals surface area contributed by atoms with Gasteiger partial charge in [-0.3, -0.25) is 0 Å². The Hall–Kier alpha value is -3.31. The minimum Gasteiger partial charge on any atom is -0.378 e. The van der Waals surface area contributed by atoms with Gasteiger partial charge < -0.3 is 34.6 Å². The maximum atomic E-state index is 6.37. The van der Waals surface area contributed by atoms with Crippen LogP contribution in [0.25, 0.3) is 0 Å². The molecule has 3 saturated heterocycles. The average Bonchev–Trinajstić information content (AvgIpc) is 3.25. The minimum absolute atomic E-state index is 0.0753. The van der Waals surface area contributed by atoms with Crippen LogP contribution in [0.5, 0.6) is 0 Å². The summed E-state index contributed by atoms with van der Waals surface area (Å²) in [5, 5.41) is 6.98. The number of fused-ring (bicyclic) bond motifs is 3. The minimum atomic E-state index is -0.257. The maximum absolute atomic E-state index is 6.37. The third-order valence-electron chi connectivity index (χ3n) is 8.89. The maximum Gasteiger partial charge on any atom is 0.229 e. The Morgan fingerprint density at radius 3 is 2.59 bits per heavy atom. The Kier molecular flexibility index (Phi) is 6.81. The summed E-state index contributed by atoms with van der Waals surface area (Å²) in [6.45, 7) is 12.7. The van der Waals surface area contributed by atoms with Crippen LogP contribution in [0.3, 0.4) is 0 Å². The zero-order chi connectivity index (χ0) is 28.0. The molecule has 10 nitrogen and oxygen atoms in total. The molecule has 0 unspecified atom stereocenters. The smallest absolute Gasteiger partial charge is 0.229 e. The fraction of sp³-hybridized carbons (Fsp3) is 0.516.